The number of nitrogens with zero attached hydrogens (tertiary/aromatic N) is 1. The molecule has 0 bridgehead atoms. The molecule has 0 aliphatic rings. The maximum Gasteiger partial charge on any atom is 0.178 e. The molecule has 0 amide bonds. The molecule has 0 aliphatic heterocycles. The fourth-order valence-electron chi connectivity index (χ4n) is 0.212. The highest BCUT2D eigenvalue weighted by Crippen LogP contribution is 1.69. The van der Waals surface area contributed by atoms with Crippen molar-refractivity contribution >= 4 is 17.3 Å². The molecule has 4 N–H and O–H groups in total. The number of nitrogens with one attached hydrogen (secondary N) is 2. The van der Waals surface area contributed by atoms with Gasteiger partial charge >= 0.3 is 0 Å². The zero-order chi connectivity index (χ0) is 7.28. The van der Waals surface area contributed by atoms with Gasteiger partial charge in [0.1, 0.15) is 6.04 Å². The van der Waals surface area contributed by atoms with Crippen LogP contribution in [0.25, 0.3) is 0 Å². The first-order valence-electron chi connectivity index (χ1n) is 2.37. The van der Waals surface area contributed by atoms with E-state index in [2.05, 4.69) is 23.1 Å². The lowest BCUT2D eigenvalue weighted by Crippen LogP contribution is -2.44. The molecule has 0 rings (SSSR count). The van der Waals surface area contributed by atoms with Crippen LogP contribution in [0.3, 0.4) is 0 Å². The van der Waals surface area contributed by atoms with Crippen LogP contribution in [0.4, 0.5) is 0 Å². The molecule has 0 aromatic rings. The van der Waals surface area contributed by atoms with E-state index in [0.29, 0.717) is 0 Å². The molecule has 0 fully saturated rings. The quantitative estimate of drug-likeness (QED) is 0.351. The van der Waals surface area contributed by atoms with Crippen molar-refractivity contribution in [2.75, 3.05) is 0 Å². The van der Waals surface area contributed by atoms with Crippen molar-refractivity contribution in [2.45, 2.75) is 13.0 Å². The number of nitrogens with two attached hydrogens (primary N) is 1. The van der Waals surface area contributed by atoms with E-state index in [9.17, 15) is 0 Å². The normalized spacial score (nSPS) is 11.6. The lowest BCUT2D eigenvalue weighted by Gasteiger charge is -2.05. The summed E-state index contributed by atoms with van der Waals surface area (Å²) >= 11 is 4.46. The maximum atomic E-state index is 8.21. The molecule has 9 heavy (non-hydrogen) atoms. The Balaban J connectivity index is 3.30. The number of hydrogen-bond acceptors (Lipinski definition) is 3. The number of hydrogen-bond donors (Lipinski definition) is 3. The van der Waals surface area contributed by atoms with Gasteiger partial charge in [-0.1, -0.05) is 0 Å². The highest BCUT2D eigenvalue weighted by atomic mass is 32.1. The average molecular weight is 144 g/mol. The van der Waals surface area contributed by atoms with Gasteiger partial charge in [0.05, 0.1) is 6.07 Å². The number of rotatable bonds is 2. The molecule has 0 radical (unpaired) electrons. The van der Waals surface area contributed by atoms with E-state index in [1.807, 2.05) is 6.07 Å². The van der Waals surface area contributed by atoms with Crippen LogP contribution >= 0.6 is 12.2 Å². The van der Waals surface area contributed by atoms with Gasteiger partial charge in [0.15, 0.2) is 5.11 Å². The number of thiocarbonyl (C=S) groups is 1. The fourth-order valence-corrected chi connectivity index (χ4v) is 0.271. The SMILES string of the molecule is CC(C#N)NNC(N)=S. The van der Waals surface area contributed by atoms with E-state index in [1.54, 1.807) is 6.92 Å². The molecule has 1 unspecified atom stereocenters. The fraction of sp³-hybridized carbons (Fsp3) is 0.500. The van der Waals surface area contributed by atoms with E-state index < -0.39 is 0 Å². The first-order chi connectivity index (χ1) is 4.16. The second-order valence-corrected chi connectivity index (χ2v) is 1.92. The summed E-state index contributed by atoms with van der Waals surface area (Å²) in [5.74, 6) is 0. The second kappa shape index (κ2) is 4.06. The van der Waals surface area contributed by atoms with Crippen LogP contribution in [0.1, 0.15) is 6.92 Å². The Morgan fingerprint density at radius 3 is 2.78 bits per heavy atom. The Morgan fingerprint density at radius 2 is 2.44 bits per heavy atom. The average Bonchev–Trinajstić information content (AvgIpc) is 1.83. The Morgan fingerprint density at radius 1 is 1.89 bits per heavy atom. The molecule has 0 aromatic carbocycles. The standard InChI is InChI=1S/C4H8N4S/c1-3(2-5)7-8-4(6)9/h3,7H,1H3,(H3,6,8,9). The predicted octanol–water partition coefficient (Wildman–Crippen LogP) is -0.764. The number of nitriles is 1. The van der Waals surface area contributed by atoms with Gasteiger partial charge in [0, 0.05) is 0 Å². The van der Waals surface area contributed by atoms with Crippen LogP contribution in [0, 0.1) is 11.3 Å². The van der Waals surface area contributed by atoms with Crippen molar-refractivity contribution in [3.63, 3.8) is 0 Å². The first kappa shape index (κ1) is 8.14. The summed E-state index contributed by atoms with van der Waals surface area (Å²) in [6.07, 6.45) is 0. The minimum absolute atomic E-state index is 0.136. The maximum absolute atomic E-state index is 8.21. The largest absolute Gasteiger partial charge is 0.375 e. The summed E-state index contributed by atoms with van der Waals surface area (Å²) in [5, 5.41) is 8.35. The minimum atomic E-state index is -0.286. The predicted molar refractivity (Wildman–Crippen MR) is 38.1 cm³/mol. The zero-order valence-corrected chi connectivity index (χ0v) is 5.83. The summed E-state index contributed by atoms with van der Waals surface area (Å²) in [5.41, 5.74) is 10.0. The third-order valence-electron chi connectivity index (χ3n) is 0.606. The van der Waals surface area contributed by atoms with Crippen molar-refractivity contribution in [2.24, 2.45) is 5.73 Å². The van der Waals surface area contributed by atoms with Crippen LogP contribution in [-0.4, -0.2) is 11.2 Å². The Labute approximate surface area is 59.0 Å². The van der Waals surface area contributed by atoms with Gasteiger partial charge in [-0.2, -0.15) is 5.26 Å². The van der Waals surface area contributed by atoms with Crippen LogP contribution in [0.15, 0.2) is 0 Å². The highest BCUT2D eigenvalue weighted by molar-refractivity contribution is 7.80. The van der Waals surface area contributed by atoms with Gasteiger partial charge in [-0.15, -0.1) is 0 Å². The Kier molecular flexibility index (Phi) is 3.67. The molecular formula is C4H8N4S. The molecule has 50 valence electrons. The summed E-state index contributed by atoms with van der Waals surface area (Å²) in [4.78, 5) is 0. The van der Waals surface area contributed by atoms with Crippen molar-refractivity contribution in [1.82, 2.24) is 10.9 Å². The van der Waals surface area contributed by atoms with Gasteiger partial charge in [-0.05, 0) is 19.1 Å². The van der Waals surface area contributed by atoms with Crippen molar-refractivity contribution in [1.29, 1.82) is 5.26 Å². The summed E-state index contributed by atoms with van der Waals surface area (Å²) in [6, 6.07) is 1.65. The smallest absolute Gasteiger partial charge is 0.178 e. The Hall–Kier alpha value is -0.860. The summed E-state index contributed by atoms with van der Waals surface area (Å²) in [7, 11) is 0. The van der Waals surface area contributed by atoms with Crippen molar-refractivity contribution in [3.8, 4) is 6.07 Å². The van der Waals surface area contributed by atoms with Gasteiger partial charge in [-0.25, -0.2) is 5.43 Å². The lowest BCUT2D eigenvalue weighted by atomic mass is 10.4. The van der Waals surface area contributed by atoms with Crippen LogP contribution < -0.4 is 16.6 Å². The molecule has 5 heteroatoms. The minimum Gasteiger partial charge on any atom is -0.375 e. The summed E-state index contributed by atoms with van der Waals surface area (Å²) < 4.78 is 0. The van der Waals surface area contributed by atoms with Crippen LogP contribution in [-0.2, 0) is 0 Å². The molecule has 0 spiro atoms. The van der Waals surface area contributed by atoms with Gasteiger partial charge in [0.25, 0.3) is 0 Å². The van der Waals surface area contributed by atoms with Gasteiger partial charge in [0.2, 0.25) is 0 Å². The zero-order valence-electron chi connectivity index (χ0n) is 5.01. The van der Waals surface area contributed by atoms with E-state index >= 15 is 0 Å². The molecule has 4 nitrogen and oxygen atoms in total. The number of hydrazine groups is 1. The molecule has 0 saturated heterocycles. The van der Waals surface area contributed by atoms with Crippen LogP contribution in [0.2, 0.25) is 0 Å². The third kappa shape index (κ3) is 5.00. The van der Waals surface area contributed by atoms with Crippen LogP contribution in [0.5, 0.6) is 0 Å². The molecule has 0 aromatic heterocycles. The molecule has 0 heterocycles. The van der Waals surface area contributed by atoms with E-state index in [4.69, 9.17) is 11.0 Å². The highest BCUT2D eigenvalue weighted by Gasteiger charge is 1.94. The molecule has 0 aliphatic carbocycles. The van der Waals surface area contributed by atoms with E-state index in [0.717, 1.165) is 0 Å². The lowest BCUT2D eigenvalue weighted by molar-refractivity contribution is 0.609. The van der Waals surface area contributed by atoms with Gasteiger partial charge < -0.3 is 5.73 Å². The first-order valence-corrected chi connectivity index (χ1v) is 2.78. The molecular weight excluding hydrogens is 136 g/mol. The monoisotopic (exact) mass is 144 g/mol. The Bertz CT molecular complexity index is 138. The summed E-state index contributed by atoms with van der Waals surface area (Å²) in [6.45, 7) is 1.69. The van der Waals surface area contributed by atoms with Gasteiger partial charge in [-0.3, -0.25) is 5.43 Å². The molecule has 1 atom stereocenters. The van der Waals surface area contributed by atoms with E-state index in [-0.39, 0.29) is 11.2 Å². The molecule has 0 saturated carbocycles. The second-order valence-electron chi connectivity index (χ2n) is 1.48. The topological polar surface area (TPSA) is 73.9 Å². The van der Waals surface area contributed by atoms with Crippen molar-refractivity contribution < 1.29 is 0 Å². The van der Waals surface area contributed by atoms with Crippen molar-refractivity contribution in [3.05, 3.63) is 0 Å². The van der Waals surface area contributed by atoms with E-state index in [1.165, 1.54) is 0 Å². The third-order valence-corrected chi connectivity index (χ3v) is 0.708.